The van der Waals surface area contributed by atoms with Crippen molar-refractivity contribution in [2.75, 3.05) is 12.3 Å². The number of hydrogen-bond donors (Lipinski definition) is 0. The summed E-state index contributed by atoms with van der Waals surface area (Å²) in [7, 11) is -8.81. The Morgan fingerprint density at radius 3 is 1.31 bits per heavy atom. The second kappa shape index (κ2) is 23.1. The Labute approximate surface area is 378 Å². The van der Waals surface area contributed by atoms with Gasteiger partial charge in [0.15, 0.2) is 74.3 Å². The highest BCUT2D eigenvalue weighted by Gasteiger charge is 2.44. The van der Waals surface area contributed by atoms with Crippen molar-refractivity contribution in [1.82, 2.24) is 4.90 Å². The topological polar surface area (TPSA) is 316 Å². The largest absolute Gasteiger partial charge is 0.452 e. The van der Waals surface area contributed by atoms with Crippen LogP contribution < -0.4 is 0 Å². The third-order valence-corrected chi connectivity index (χ3v) is 15.4. The van der Waals surface area contributed by atoms with Gasteiger partial charge < -0.3 is 42.8 Å². The zero-order chi connectivity index (χ0) is 50.0. The smallest absolute Gasteiger partial charge is 0.347 e. The molecule has 1 aromatic heterocycles. The lowest BCUT2D eigenvalue weighted by Crippen LogP contribution is -2.46. The summed E-state index contributed by atoms with van der Waals surface area (Å²) < 4.78 is 92.6. The summed E-state index contributed by atoms with van der Waals surface area (Å²) in [6.45, 7) is 14.0. The molecule has 10 atom stereocenters. The average Bonchev–Trinajstić information content (AvgIpc) is 3.67. The van der Waals surface area contributed by atoms with E-state index in [1.54, 1.807) is 0 Å². The Hall–Kier alpha value is -5.50. The molecule has 0 unspecified atom stereocenters. The number of carbonyl (C=O) groups excluding carboxylic acids is 10. The van der Waals surface area contributed by atoms with Crippen LogP contribution in [-0.2, 0) is 106 Å². The first kappa shape index (κ1) is 55.6. The van der Waals surface area contributed by atoms with Gasteiger partial charge in [-0.15, -0.1) is 11.3 Å². The van der Waals surface area contributed by atoms with Crippen LogP contribution in [0.2, 0.25) is 0 Å². The van der Waals surface area contributed by atoms with E-state index < -0.39 is 153 Å². The minimum absolute atomic E-state index is 0.0856. The molecule has 2 rings (SSSR count). The summed E-state index contributed by atoms with van der Waals surface area (Å²) in [4.78, 5) is 125. The first-order valence-corrected chi connectivity index (χ1v) is 23.9. The molecule has 65 heavy (non-hydrogen) atoms. The average molecular weight is 984 g/mol. The van der Waals surface area contributed by atoms with Crippen molar-refractivity contribution in [2.45, 2.75) is 158 Å². The molecule has 0 saturated carbocycles. The van der Waals surface area contributed by atoms with Crippen molar-refractivity contribution in [2.24, 2.45) is 0 Å². The van der Waals surface area contributed by atoms with Crippen LogP contribution in [-0.4, -0.2) is 148 Å². The second-order valence-electron chi connectivity index (χ2n) is 14.7. The first-order chi connectivity index (χ1) is 29.8. The number of sulfone groups is 2. The van der Waals surface area contributed by atoms with E-state index in [2.05, 4.69) is 9.47 Å². The predicted octanol–water partition coefficient (Wildman–Crippen LogP) is 1.04. The number of rotatable bonds is 21. The quantitative estimate of drug-likeness (QED) is 0.123. The number of ketones is 1. The molecule has 1 aliphatic heterocycles. The number of hydrogen-bond acceptors (Lipinski definition) is 23. The number of amides is 1. The number of esters is 8. The van der Waals surface area contributed by atoms with Crippen molar-refractivity contribution in [3.05, 3.63) is 11.6 Å². The number of nitrogens with zero attached hydrogens (tertiary/aromatic N) is 1. The van der Waals surface area contributed by atoms with E-state index in [-0.39, 0.29) is 18.5 Å². The van der Waals surface area contributed by atoms with Gasteiger partial charge in [-0.25, -0.2) is 45.6 Å². The van der Waals surface area contributed by atoms with E-state index in [0.29, 0.717) is 11.3 Å². The molecule has 26 heteroatoms. The summed E-state index contributed by atoms with van der Waals surface area (Å²) in [5, 5.41) is -1.14. The molecule has 1 amide bonds. The van der Waals surface area contributed by atoms with Crippen molar-refractivity contribution in [3.8, 4) is 0 Å². The monoisotopic (exact) mass is 983 g/mol. The fraction of sp³-hybridized carbons (Fsp3) is 0.641. The Balaban J connectivity index is 2.18. The Kier molecular flexibility index (Phi) is 19.8. The minimum Gasteiger partial charge on any atom is -0.452 e. The van der Waals surface area contributed by atoms with E-state index in [4.69, 9.17) is 28.4 Å². The fourth-order valence-corrected chi connectivity index (χ4v) is 11.1. The number of Topliss-reactive ketones (excluding diaryl/α,β-unsaturated/α-hetero) is 1. The van der Waals surface area contributed by atoms with Gasteiger partial charge in [0.1, 0.15) is 14.2 Å². The second-order valence-corrected chi connectivity index (χ2v) is 20.6. The summed E-state index contributed by atoms with van der Waals surface area (Å²) in [5.41, 5.74) is -0.0856. The molecule has 0 aliphatic carbocycles. The fourth-order valence-electron chi connectivity index (χ4n) is 5.68. The summed E-state index contributed by atoms with van der Waals surface area (Å²) in [6, 6.07) is -0.0591. The molecule has 0 saturated heterocycles. The van der Waals surface area contributed by atoms with Gasteiger partial charge in [-0.3, -0.25) is 19.2 Å². The molecule has 0 N–H and O–H groups in total. The van der Waals surface area contributed by atoms with E-state index in [0.717, 1.165) is 54.5 Å². The molecule has 0 spiro atoms. The van der Waals surface area contributed by atoms with Crippen LogP contribution in [0.5, 0.6) is 0 Å². The number of thiophene rings is 1. The lowest BCUT2D eigenvalue weighted by molar-refractivity contribution is -0.183. The summed E-state index contributed by atoms with van der Waals surface area (Å²) in [6.07, 6.45) is -12.6. The van der Waals surface area contributed by atoms with Crippen molar-refractivity contribution < 1.29 is 103 Å². The lowest BCUT2D eigenvalue weighted by Gasteiger charge is -2.37. The van der Waals surface area contributed by atoms with Crippen LogP contribution in [0.15, 0.2) is 14.5 Å². The number of fused-ring (bicyclic) bond motifs is 1. The van der Waals surface area contributed by atoms with Crippen LogP contribution in [0.3, 0.4) is 0 Å². The van der Waals surface area contributed by atoms with Crippen LogP contribution in [0.25, 0.3) is 0 Å². The van der Waals surface area contributed by atoms with E-state index in [1.165, 1.54) is 39.5 Å². The highest BCUT2D eigenvalue weighted by molar-refractivity contribution is 7.96. The summed E-state index contributed by atoms with van der Waals surface area (Å²) >= 11 is 0.346. The standard InChI is InChI=1S/C39H53NO22S3/c1-13-40(32(44)19(4)58-36(48)23(8)62-38(50)25(10)60-34(46)21(6)56-27(12)42)29-14-17(2)65(53,54)39-28(29)15-31(63-39)64(51,52)16-30(43)18(3)57-35(47)22(7)61-37(49)24(9)59-33(45)20(5)55-26(11)41/h15,17-25,29H,13-14,16H2,1-12H3/t17-,18-,19-,20-,21-,22-,23-,24-,25-,29-/m0/s1. The van der Waals surface area contributed by atoms with Crippen molar-refractivity contribution >= 4 is 90.5 Å². The number of ether oxygens (including phenoxy) is 8. The maximum absolute atomic E-state index is 13.8. The number of carbonyl (C=O) groups is 10. The van der Waals surface area contributed by atoms with E-state index in [1.807, 2.05) is 0 Å². The van der Waals surface area contributed by atoms with Gasteiger partial charge in [0.25, 0.3) is 5.91 Å². The molecule has 1 aliphatic rings. The van der Waals surface area contributed by atoms with Gasteiger partial charge in [-0.2, -0.15) is 0 Å². The maximum atomic E-state index is 13.8. The third kappa shape index (κ3) is 15.0. The van der Waals surface area contributed by atoms with Crippen molar-refractivity contribution in [1.29, 1.82) is 0 Å². The highest BCUT2D eigenvalue weighted by atomic mass is 32.3. The van der Waals surface area contributed by atoms with Gasteiger partial charge in [0.05, 0.1) is 11.3 Å². The molecule has 364 valence electrons. The maximum Gasteiger partial charge on any atom is 0.347 e. The Morgan fingerprint density at radius 1 is 0.615 bits per heavy atom. The van der Waals surface area contributed by atoms with Gasteiger partial charge in [0.2, 0.25) is 0 Å². The normalized spacial score (nSPS) is 19.0. The number of likely N-dealkylation sites (N-methyl/N-ethyl adjacent to an activating group) is 1. The molecule has 1 aromatic rings. The SMILES string of the molecule is CCN(C(=O)[C@H](C)OC(=O)[C@H](C)OC(=O)[C@H](C)OC(=O)[C@H](C)OC(C)=O)[C@H]1C[C@H](C)S(=O)(=O)c2sc(S(=O)(=O)CC(=O)[C@H](C)OC(=O)[C@H](C)OC(=O)[C@H](C)OC(=O)[C@H](C)OC(C)=O)cc21. The zero-order valence-electron chi connectivity index (χ0n) is 37.6. The Morgan fingerprint density at radius 2 is 0.954 bits per heavy atom. The molecule has 0 radical (unpaired) electrons. The molecule has 0 bridgehead atoms. The minimum atomic E-state index is -4.64. The third-order valence-electron chi connectivity index (χ3n) is 9.28. The van der Waals surface area contributed by atoms with E-state index in [9.17, 15) is 64.8 Å². The van der Waals surface area contributed by atoms with Gasteiger partial charge in [0, 0.05) is 26.0 Å². The van der Waals surface area contributed by atoms with Crippen LogP contribution in [0, 0.1) is 0 Å². The van der Waals surface area contributed by atoms with Crippen LogP contribution in [0.4, 0.5) is 0 Å². The molecule has 0 fully saturated rings. The van der Waals surface area contributed by atoms with Crippen molar-refractivity contribution in [3.63, 3.8) is 0 Å². The molecular weight excluding hydrogens is 931 g/mol. The van der Waals surface area contributed by atoms with Gasteiger partial charge >= 0.3 is 47.8 Å². The first-order valence-electron chi connectivity index (χ1n) is 19.9. The van der Waals surface area contributed by atoms with E-state index >= 15 is 0 Å². The molecule has 23 nitrogen and oxygen atoms in total. The highest BCUT2D eigenvalue weighted by Crippen LogP contribution is 2.45. The van der Waals surface area contributed by atoms with Gasteiger partial charge in [-0.1, -0.05) is 0 Å². The Bertz CT molecular complexity index is 2250. The van der Waals surface area contributed by atoms with Crippen LogP contribution in [0.1, 0.15) is 101 Å². The molecule has 2 heterocycles. The molecular formula is C39H53NO22S3. The zero-order valence-corrected chi connectivity index (χ0v) is 40.1. The van der Waals surface area contributed by atoms with Gasteiger partial charge in [-0.05, 0) is 81.7 Å². The predicted molar refractivity (Wildman–Crippen MR) is 219 cm³/mol. The molecule has 0 aromatic carbocycles. The summed E-state index contributed by atoms with van der Waals surface area (Å²) in [5.74, 6) is -11.8. The van der Waals surface area contributed by atoms with Crippen LogP contribution >= 0.6 is 11.3 Å². The lowest BCUT2D eigenvalue weighted by atomic mass is 10.0.